The third-order valence-corrected chi connectivity index (χ3v) is 6.02. The van der Waals surface area contributed by atoms with E-state index in [-0.39, 0.29) is 17.5 Å². The molecule has 0 aliphatic carbocycles. The van der Waals surface area contributed by atoms with Crippen molar-refractivity contribution in [3.63, 3.8) is 0 Å². The molecule has 0 aliphatic heterocycles. The number of aryl methyl sites for hydroxylation is 2. The molecular formula is C25H25BrN6O3. The van der Waals surface area contributed by atoms with E-state index in [1.54, 1.807) is 40.8 Å². The zero-order chi connectivity index (χ0) is 24.9. The molecule has 0 spiro atoms. The first kappa shape index (κ1) is 24.2. The fraction of sp³-hybridized carbons (Fsp3) is 0.200. The first-order valence-electron chi connectivity index (χ1n) is 11.0. The zero-order valence-electron chi connectivity index (χ0n) is 19.6. The van der Waals surface area contributed by atoms with E-state index >= 15 is 0 Å². The molecule has 0 aliphatic rings. The number of amides is 2. The van der Waals surface area contributed by atoms with Crippen LogP contribution >= 0.6 is 15.9 Å². The lowest BCUT2D eigenvalue weighted by atomic mass is 10.1. The van der Waals surface area contributed by atoms with Gasteiger partial charge in [-0.3, -0.25) is 19.0 Å². The van der Waals surface area contributed by atoms with Crippen LogP contribution in [-0.4, -0.2) is 31.4 Å². The Hall–Kier alpha value is -3.92. The van der Waals surface area contributed by atoms with Gasteiger partial charge in [0.25, 0.3) is 11.8 Å². The van der Waals surface area contributed by atoms with E-state index in [9.17, 15) is 9.59 Å². The summed E-state index contributed by atoms with van der Waals surface area (Å²) in [7, 11) is 1.80. The molecule has 180 valence electrons. The van der Waals surface area contributed by atoms with Crippen molar-refractivity contribution in [3.05, 3.63) is 87.9 Å². The number of aromatic nitrogens is 4. The number of carbonyl (C=O) groups excluding carboxylic acids is 2. The van der Waals surface area contributed by atoms with Crippen LogP contribution in [0, 0.1) is 6.92 Å². The quantitative estimate of drug-likeness (QED) is 0.337. The number of carbonyl (C=O) groups is 2. The van der Waals surface area contributed by atoms with Crippen molar-refractivity contribution in [1.82, 2.24) is 19.6 Å². The summed E-state index contributed by atoms with van der Waals surface area (Å²) in [5, 5.41) is 14.1. The summed E-state index contributed by atoms with van der Waals surface area (Å²) in [5.74, 6) is -0.000284. The highest BCUT2D eigenvalue weighted by molar-refractivity contribution is 9.10. The summed E-state index contributed by atoms with van der Waals surface area (Å²) in [5.41, 5.74) is 3.28. The lowest BCUT2D eigenvalue weighted by Gasteiger charge is -2.11. The van der Waals surface area contributed by atoms with Crippen molar-refractivity contribution in [2.45, 2.75) is 27.0 Å². The Balaban J connectivity index is 1.48. The lowest BCUT2D eigenvalue weighted by molar-refractivity contribution is 0.101. The number of hydrogen-bond acceptors (Lipinski definition) is 5. The molecule has 0 bridgehead atoms. The second-order valence-electron chi connectivity index (χ2n) is 7.84. The number of ether oxygens (including phenoxy) is 1. The average Bonchev–Trinajstić information content (AvgIpc) is 3.41. The van der Waals surface area contributed by atoms with Gasteiger partial charge in [0.15, 0.2) is 0 Å². The van der Waals surface area contributed by atoms with Crippen LogP contribution < -0.4 is 15.4 Å². The van der Waals surface area contributed by atoms with Gasteiger partial charge in [-0.1, -0.05) is 28.1 Å². The van der Waals surface area contributed by atoms with E-state index in [1.165, 1.54) is 6.20 Å². The maximum absolute atomic E-state index is 13.1. The second kappa shape index (κ2) is 10.6. The van der Waals surface area contributed by atoms with Crippen LogP contribution in [0.5, 0.6) is 5.75 Å². The Labute approximate surface area is 211 Å². The van der Waals surface area contributed by atoms with Crippen LogP contribution in [0.2, 0.25) is 0 Å². The van der Waals surface area contributed by atoms with Gasteiger partial charge in [-0.05, 0) is 55.8 Å². The molecule has 2 heterocycles. The molecule has 4 rings (SSSR count). The number of benzene rings is 2. The maximum atomic E-state index is 13.1. The Bertz CT molecular complexity index is 1360. The number of anilines is 2. The number of hydrogen-bond donors (Lipinski definition) is 2. The van der Waals surface area contributed by atoms with Gasteiger partial charge in [0.2, 0.25) is 0 Å². The van der Waals surface area contributed by atoms with Gasteiger partial charge in [0.1, 0.15) is 18.1 Å². The summed E-state index contributed by atoms with van der Waals surface area (Å²) >= 11 is 3.40. The molecule has 2 N–H and O–H groups in total. The van der Waals surface area contributed by atoms with Crippen molar-refractivity contribution < 1.29 is 14.3 Å². The van der Waals surface area contributed by atoms with Crippen LogP contribution in [0.4, 0.5) is 11.4 Å². The van der Waals surface area contributed by atoms with E-state index < -0.39 is 0 Å². The van der Waals surface area contributed by atoms with Gasteiger partial charge < -0.3 is 15.4 Å². The number of rotatable bonds is 8. The second-order valence-corrected chi connectivity index (χ2v) is 8.76. The number of nitrogens with zero attached hydrogens (tertiary/aromatic N) is 4. The summed E-state index contributed by atoms with van der Waals surface area (Å²) < 4.78 is 9.99. The van der Waals surface area contributed by atoms with Gasteiger partial charge in [-0.25, -0.2) is 0 Å². The molecule has 0 radical (unpaired) electrons. The van der Waals surface area contributed by atoms with Gasteiger partial charge in [0.05, 0.1) is 29.5 Å². The van der Waals surface area contributed by atoms with Gasteiger partial charge >= 0.3 is 0 Å². The van der Waals surface area contributed by atoms with Gasteiger partial charge in [-0.2, -0.15) is 10.2 Å². The topological polar surface area (TPSA) is 103 Å². The van der Waals surface area contributed by atoms with E-state index in [0.717, 1.165) is 21.5 Å². The molecule has 0 unspecified atom stereocenters. The summed E-state index contributed by atoms with van der Waals surface area (Å²) in [4.78, 5) is 26.1. The third kappa shape index (κ3) is 5.60. The number of nitrogens with one attached hydrogen (secondary N) is 2. The van der Waals surface area contributed by atoms with Crippen molar-refractivity contribution in [2.75, 3.05) is 10.6 Å². The lowest BCUT2D eigenvalue weighted by Crippen LogP contribution is -2.21. The monoisotopic (exact) mass is 536 g/mol. The highest BCUT2D eigenvalue weighted by Gasteiger charge is 2.21. The summed E-state index contributed by atoms with van der Waals surface area (Å²) in [6, 6.07) is 14.7. The predicted octanol–water partition coefficient (Wildman–Crippen LogP) is 4.79. The molecule has 0 saturated carbocycles. The molecule has 2 aromatic carbocycles. The normalized spacial score (nSPS) is 10.7. The molecule has 9 nitrogen and oxygen atoms in total. The van der Waals surface area contributed by atoms with Crippen LogP contribution in [0.1, 0.15) is 39.0 Å². The fourth-order valence-corrected chi connectivity index (χ4v) is 3.72. The first-order chi connectivity index (χ1) is 16.9. The minimum atomic E-state index is -0.382. The van der Waals surface area contributed by atoms with Crippen molar-refractivity contribution in [1.29, 1.82) is 0 Å². The minimum Gasteiger partial charge on any atom is -0.489 e. The number of halogens is 1. The smallest absolute Gasteiger partial charge is 0.276 e. The molecular weight excluding hydrogens is 512 g/mol. The molecule has 4 aromatic rings. The average molecular weight is 537 g/mol. The van der Waals surface area contributed by atoms with E-state index in [4.69, 9.17) is 4.74 Å². The summed E-state index contributed by atoms with van der Waals surface area (Å²) in [6.07, 6.45) is 3.06. The van der Waals surface area contributed by atoms with Crippen LogP contribution in [0.3, 0.4) is 0 Å². The Kier molecular flexibility index (Phi) is 7.31. The molecule has 0 saturated heterocycles. The molecule has 35 heavy (non-hydrogen) atoms. The third-order valence-electron chi connectivity index (χ3n) is 5.49. The maximum Gasteiger partial charge on any atom is 0.276 e. The molecule has 0 atom stereocenters. The van der Waals surface area contributed by atoms with E-state index in [2.05, 4.69) is 36.8 Å². The molecule has 10 heteroatoms. The standard InChI is InChI=1S/C25H25BrN6O3/c1-4-32-23(25(34)29-21-13-27-31(3)16(21)2)22(14-28-32)30-24(33)18-7-5-6-17(12-18)15-35-20-10-8-19(26)9-11-20/h5-14H,4,15H2,1-3H3,(H,29,34)(H,30,33). The highest BCUT2D eigenvalue weighted by atomic mass is 79.9. The van der Waals surface area contributed by atoms with Crippen molar-refractivity contribution in [3.8, 4) is 5.75 Å². The highest BCUT2D eigenvalue weighted by Crippen LogP contribution is 2.21. The van der Waals surface area contributed by atoms with Gasteiger partial charge in [-0.15, -0.1) is 0 Å². The van der Waals surface area contributed by atoms with E-state index in [0.29, 0.717) is 30.1 Å². The summed E-state index contributed by atoms with van der Waals surface area (Å²) in [6.45, 7) is 4.51. The fourth-order valence-electron chi connectivity index (χ4n) is 3.45. The first-order valence-corrected chi connectivity index (χ1v) is 11.8. The van der Waals surface area contributed by atoms with Crippen molar-refractivity contribution >= 4 is 39.1 Å². The van der Waals surface area contributed by atoms with Crippen molar-refractivity contribution in [2.24, 2.45) is 7.05 Å². The minimum absolute atomic E-state index is 0.263. The Morgan fingerprint density at radius 1 is 1.00 bits per heavy atom. The largest absolute Gasteiger partial charge is 0.489 e. The molecule has 2 amide bonds. The van der Waals surface area contributed by atoms with Crippen LogP contribution in [0.25, 0.3) is 0 Å². The SMILES string of the molecule is CCn1ncc(NC(=O)c2cccc(COc3ccc(Br)cc3)c2)c1C(=O)Nc1cnn(C)c1C. The van der Waals surface area contributed by atoms with Gasteiger partial charge in [0, 0.05) is 23.6 Å². The van der Waals surface area contributed by atoms with E-state index in [1.807, 2.05) is 44.2 Å². The van der Waals surface area contributed by atoms with Crippen LogP contribution in [-0.2, 0) is 20.2 Å². The molecule has 0 fully saturated rings. The van der Waals surface area contributed by atoms with Crippen LogP contribution in [0.15, 0.2) is 65.4 Å². The predicted molar refractivity (Wildman–Crippen MR) is 137 cm³/mol. The molecule has 2 aromatic heterocycles. The Morgan fingerprint density at radius 2 is 1.71 bits per heavy atom. The zero-order valence-corrected chi connectivity index (χ0v) is 21.2. The Morgan fingerprint density at radius 3 is 2.40 bits per heavy atom.